The summed E-state index contributed by atoms with van der Waals surface area (Å²) in [4.78, 5) is 65.4. The molecule has 34 heavy (non-hydrogen) atoms. The highest BCUT2D eigenvalue weighted by atomic mass is 32.2. The molecular weight excluding hydrogens is 472 g/mol. The van der Waals surface area contributed by atoms with Crippen LogP contribution in [-0.2, 0) is 28.8 Å². The first kappa shape index (κ1) is 24.6. The van der Waals surface area contributed by atoms with Crippen LogP contribution in [0.4, 0.5) is 4.79 Å². The minimum atomic E-state index is -1.38. The molecule has 3 rings (SSSR count). The second-order valence-electron chi connectivity index (χ2n) is 7.01. The van der Waals surface area contributed by atoms with Crippen LogP contribution in [0, 0.1) is 0 Å². The van der Waals surface area contributed by atoms with Crippen LogP contribution in [0.5, 0.6) is 5.75 Å². The first-order valence-corrected chi connectivity index (χ1v) is 10.6. The van der Waals surface area contributed by atoms with Gasteiger partial charge in [0.25, 0.3) is 5.91 Å². The Morgan fingerprint density at radius 2 is 2.03 bits per heavy atom. The smallest absolute Gasteiger partial charge is 0.404 e. The molecule has 0 radical (unpaired) electrons. The zero-order valence-corrected chi connectivity index (χ0v) is 18.7. The number of thioether (sulfide) groups is 1. The molecule has 0 spiro atoms. The first-order valence-electron chi connectivity index (χ1n) is 9.66. The van der Waals surface area contributed by atoms with E-state index in [9.17, 15) is 29.1 Å². The van der Waals surface area contributed by atoms with E-state index >= 15 is 0 Å². The van der Waals surface area contributed by atoms with Gasteiger partial charge in [-0.1, -0.05) is 17.3 Å². The van der Waals surface area contributed by atoms with E-state index in [-0.39, 0.29) is 22.6 Å². The van der Waals surface area contributed by atoms with Crippen LogP contribution >= 0.6 is 11.8 Å². The van der Waals surface area contributed by atoms with Crippen molar-refractivity contribution in [3.63, 3.8) is 0 Å². The van der Waals surface area contributed by atoms with Gasteiger partial charge >= 0.3 is 18.0 Å². The third-order valence-electron chi connectivity index (χ3n) is 4.74. The Balaban J connectivity index is 1.78. The van der Waals surface area contributed by atoms with Gasteiger partial charge in [-0.15, -0.1) is 11.8 Å². The molecule has 4 N–H and O–H groups in total. The average Bonchev–Trinajstić information content (AvgIpc) is 2.78. The van der Waals surface area contributed by atoms with Crippen molar-refractivity contribution in [1.82, 2.24) is 10.2 Å². The Kier molecular flexibility index (Phi) is 7.40. The summed E-state index contributed by atoms with van der Waals surface area (Å²) in [5.41, 5.74) is 5.16. The molecule has 1 aromatic carbocycles. The number of carboxylic acid groups (broad SMARTS) is 1. The molecule has 0 saturated carbocycles. The van der Waals surface area contributed by atoms with Crippen LogP contribution in [0.15, 0.2) is 40.4 Å². The Bertz CT molecular complexity index is 1100. The van der Waals surface area contributed by atoms with E-state index in [4.69, 9.17) is 15.3 Å². The monoisotopic (exact) mass is 492 g/mol. The minimum absolute atomic E-state index is 0.162. The summed E-state index contributed by atoms with van der Waals surface area (Å²) < 4.78 is 9.67. The van der Waals surface area contributed by atoms with Crippen LogP contribution < -0.4 is 15.8 Å². The Morgan fingerprint density at radius 3 is 2.65 bits per heavy atom. The lowest BCUT2D eigenvalue weighted by molar-refractivity contribution is -0.160. The van der Waals surface area contributed by atoms with Gasteiger partial charge in [-0.2, -0.15) is 0 Å². The summed E-state index contributed by atoms with van der Waals surface area (Å²) in [6, 6.07) is 3.56. The van der Waals surface area contributed by atoms with Gasteiger partial charge in [0.05, 0.1) is 0 Å². The van der Waals surface area contributed by atoms with Crippen molar-refractivity contribution in [1.29, 1.82) is 0 Å². The SMILES string of the molecule is CON=C(C(=O)NC1C(=O)N2C(C(=O)O)C(COC(N)=O)=CS[C@@H]12)c1cccc(OC(C)=O)c1. The maximum Gasteiger partial charge on any atom is 0.404 e. The van der Waals surface area contributed by atoms with Gasteiger partial charge in [-0.05, 0) is 17.5 Å². The second kappa shape index (κ2) is 10.2. The number of rotatable bonds is 8. The molecule has 180 valence electrons. The Hall–Kier alpha value is -4.07. The number of nitrogens with zero attached hydrogens (tertiary/aromatic N) is 2. The Morgan fingerprint density at radius 1 is 1.29 bits per heavy atom. The summed E-state index contributed by atoms with van der Waals surface area (Å²) in [6.07, 6.45) is -1.08. The molecule has 1 aromatic rings. The number of hydrogen-bond donors (Lipinski definition) is 3. The topological polar surface area (TPSA) is 187 Å². The largest absolute Gasteiger partial charge is 0.479 e. The lowest BCUT2D eigenvalue weighted by Crippen LogP contribution is -2.74. The van der Waals surface area contributed by atoms with Crippen LogP contribution in [0.2, 0.25) is 0 Å². The van der Waals surface area contributed by atoms with E-state index in [1.54, 1.807) is 0 Å². The summed E-state index contributed by atoms with van der Waals surface area (Å²) in [7, 11) is 1.23. The number of ether oxygens (including phenoxy) is 2. The lowest BCUT2D eigenvalue weighted by Gasteiger charge is -2.51. The van der Waals surface area contributed by atoms with Crippen molar-refractivity contribution in [3.05, 3.63) is 40.8 Å². The molecular formula is C20H20N4O9S. The molecule has 14 heteroatoms. The van der Waals surface area contributed by atoms with Gasteiger partial charge in [0.1, 0.15) is 30.9 Å². The molecule has 1 fully saturated rings. The van der Waals surface area contributed by atoms with Gasteiger partial charge < -0.3 is 35.4 Å². The van der Waals surface area contributed by atoms with Gasteiger partial charge in [0.2, 0.25) is 5.91 Å². The average molecular weight is 492 g/mol. The van der Waals surface area contributed by atoms with Gasteiger partial charge in [0, 0.05) is 18.1 Å². The molecule has 2 heterocycles. The molecule has 2 aliphatic rings. The molecule has 3 amide bonds. The number of esters is 1. The molecule has 13 nitrogen and oxygen atoms in total. The third kappa shape index (κ3) is 5.11. The van der Waals surface area contributed by atoms with Gasteiger partial charge in [-0.25, -0.2) is 9.59 Å². The zero-order chi connectivity index (χ0) is 25.0. The predicted molar refractivity (Wildman–Crippen MR) is 116 cm³/mol. The standard InChI is InChI=1S/C20H20N4O9S/c1-9(25)33-12-5-3-4-10(6-12)13(23-31-2)16(26)22-14-17(27)24-15(19(28)29)11(7-32-20(21)30)8-34-18(14)24/h3-6,8,14-15,18H,7H2,1-2H3,(H2,21,30)(H,22,26)(H,28,29)/t14?,15?,18-/m0/s1. The fourth-order valence-corrected chi connectivity index (χ4v) is 4.59. The molecule has 2 unspecified atom stereocenters. The molecule has 0 bridgehead atoms. The van der Waals surface area contributed by atoms with Crippen LogP contribution in [0.3, 0.4) is 0 Å². The summed E-state index contributed by atoms with van der Waals surface area (Å²) >= 11 is 1.08. The number of carbonyl (C=O) groups is 5. The second-order valence-corrected chi connectivity index (χ2v) is 8.00. The zero-order valence-electron chi connectivity index (χ0n) is 17.9. The number of oxime groups is 1. The quantitative estimate of drug-likeness (QED) is 0.144. The van der Waals surface area contributed by atoms with Crippen molar-refractivity contribution < 1.29 is 43.4 Å². The number of aliphatic carboxylic acids is 1. The first-order chi connectivity index (χ1) is 16.1. The van der Waals surface area contributed by atoms with E-state index in [1.807, 2.05) is 0 Å². The fraction of sp³-hybridized carbons (Fsp3) is 0.300. The van der Waals surface area contributed by atoms with E-state index in [0.717, 1.165) is 16.7 Å². The summed E-state index contributed by atoms with van der Waals surface area (Å²) in [5, 5.41) is 16.6. The number of nitrogens with two attached hydrogens (primary N) is 1. The van der Waals surface area contributed by atoms with Crippen molar-refractivity contribution in [2.24, 2.45) is 10.9 Å². The van der Waals surface area contributed by atoms with Crippen LogP contribution in [0.1, 0.15) is 12.5 Å². The normalized spacial score (nSPS) is 21.4. The van der Waals surface area contributed by atoms with Crippen LogP contribution in [0.25, 0.3) is 0 Å². The number of fused-ring (bicyclic) bond motifs is 1. The number of β-lactam (4-membered cyclic amide) rings is 1. The highest BCUT2D eigenvalue weighted by molar-refractivity contribution is 8.03. The number of nitrogens with one attached hydrogen (secondary N) is 1. The molecule has 0 aromatic heterocycles. The summed E-state index contributed by atoms with van der Waals surface area (Å²) in [6.45, 7) is 0.833. The highest BCUT2D eigenvalue weighted by Gasteiger charge is 2.56. The number of primary amides is 1. The maximum atomic E-state index is 12.9. The van der Waals surface area contributed by atoms with Gasteiger partial charge in [0.15, 0.2) is 11.8 Å². The highest BCUT2D eigenvalue weighted by Crippen LogP contribution is 2.40. The van der Waals surface area contributed by atoms with Crippen molar-refractivity contribution in [2.45, 2.75) is 24.4 Å². The van der Waals surface area contributed by atoms with Crippen LogP contribution in [-0.4, -0.2) is 76.7 Å². The molecule has 0 aliphatic carbocycles. The fourth-order valence-electron chi connectivity index (χ4n) is 3.38. The molecule has 2 aliphatic heterocycles. The molecule has 1 saturated heterocycles. The third-order valence-corrected chi connectivity index (χ3v) is 5.95. The van der Waals surface area contributed by atoms with Crippen molar-refractivity contribution in [3.8, 4) is 5.75 Å². The maximum absolute atomic E-state index is 12.9. The van der Waals surface area contributed by atoms with Crippen molar-refractivity contribution >= 4 is 47.3 Å². The van der Waals surface area contributed by atoms with E-state index in [2.05, 4.69) is 15.2 Å². The Labute approximate surface area is 196 Å². The van der Waals surface area contributed by atoms with E-state index in [1.165, 1.54) is 43.7 Å². The number of hydrogen-bond acceptors (Lipinski definition) is 10. The van der Waals surface area contributed by atoms with E-state index < -0.39 is 53.9 Å². The number of amides is 3. The number of carbonyl (C=O) groups excluding carboxylic acids is 4. The predicted octanol–water partition coefficient (Wildman–Crippen LogP) is -0.205. The number of carboxylic acids is 1. The lowest BCUT2D eigenvalue weighted by atomic mass is 9.98. The van der Waals surface area contributed by atoms with Crippen molar-refractivity contribution in [2.75, 3.05) is 13.7 Å². The summed E-state index contributed by atoms with van der Waals surface area (Å²) in [5.74, 6) is -3.11. The van der Waals surface area contributed by atoms with E-state index in [0.29, 0.717) is 0 Å². The minimum Gasteiger partial charge on any atom is -0.479 e. The number of benzene rings is 1. The molecule has 3 atom stereocenters. The van der Waals surface area contributed by atoms with Gasteiger partial charge in [-0.3, -0.25) is 14.4 Å².